The molecule has 2 heterocycles. The van der Waals surface area contributed by atoms with Gasteiger partial charge in [0.25, 0.3) is 5.91 Å². The summed E-state index contributed by atoms with van der Waals surface area (Å²) in [5, 5.41) is 9.63. The molecule has 0 saturated heterocycles. The maximum absolute atomic E-state index is 13.1. The van der Waals surface area contributed by atoms with Crippen LogP contribution in [0.5, 0.6) is 5.75 Å². The first-order chi connectivity index (χ1) is 22.7. The number of rotatable bonds is 13. The first-order valence-electron chi connectivity index (χ1n) is 14.5. The summed E-state index contributed by atoms with van der Waals surface area (Å²) in [7, 11) is -3.33. The van der Waals surface area contributed by atoms with E-state index in [1.807, 2.05) is 30.3 Å². The Morgan fingerprint density at radius 1 is 0.896 bits per heavy atom. The summed E-state index contributed by atoms with van der Waals surface area (Å²) in [5.41, 5.74) is 3.63. The van der Waals surface area contributed by atoms with Crippen molar-refractivity contribution < 1.29 is 40.3 Å². The van der Waals surface area contributed by atoms with Crippen LogP contribution in [0.15, 0.2) is 85.1 Å². The third kappa shape index (κ3) is 9.61. The maximum atomic E-state index is 13.1. The van der Waals surface area contributed by atoms with Gasteiger partial charge in [-0.05, 0) is 59.2 Å². The van der Waals surface area contributed by atoms with Gasteiger partial charge in [-0.25, -0.2) is 17.3 Å². The highest BCUT2D eigenvalue weighted by Crippen LogP contribution is 2.30. The minimum atomic E-state index is -4.65. The van der Waals surface area contributed by atoms with E-state index < -0.39 is 28.5 Å². The topological polar surface area (TPSA) is 132 Å². The number of hydrogen-bond acceptors (Lipinski definition) is 8. The maximum Gasteiger partial charge on any atom is 0.422 e. The number of aromatic nitrogens is 3. The fourth-order valence-electron chi connectivity index (χ4n) is 4.66. The number of anilines is 2. The molecule has 5 aromatic rings. The number of hydrogen-bond donors (Lipinski definition) is 2. The van der Waals surface area contributed by atoms with Crippen LogP contribution in [0, 0.1) is 5.82 Å². The minimum Gasteiger partial charge on any atom is -0.482 e. The molecule has 10 nitrogen and oxygen atoms in total. The number of pyridine rings is 1. The minimum absolute atomic E-state index is 0.00658. The van der Waals surface area contributed by atoms with Crippen molar-refractivity contribution in [2.45, 2.75) is 19.0 Å². The standard InChI is InChI=1S/C33H29F4N5O5S/c1-48(45,46)15-14-38-31(44)24-8-12-28(29(18-24)47-20-33(35,36)37)39-32-40-30-13-9-25(19-42(30)41-32)23-6-2-21(3-7-23)16-27(43)17-22-4-10-26(34)11-5-22/h2-13,18-19H,14-17,20H2,1H3,(H,38,44)(H,39,41). The number of ether oxygens (including phenoxy) is 1. The first kappa shape index (κ1) is 34.0. The van der Waals surface area contributed by atoms with Crippen LogP contribution in [0.3, 0.4) is 0 Å². The monoisotopic (exact) mass is 683 g/mol. The van der Waals surface area contributed by atoms with Crippen molar-refractivity contribution >= 4 is 38.8 Å². The molecule has 0 radical (unpaired) electrons. The molecule has 0 unspecified atom stereocenters. The Balaban J connectivity index is 1.29. The molecule has 0 aliphatic heterocycles. The van der Waals surface area contributed by atoms with E-state index in [0.29, 0.717) is 5.65 Å². The first-order valence-corrected chi connectivity index (χ1v) is 16.6. The number of carbonyl (C=O) groups excluding carboxylic acids is 2. The average molecular weight is 684 g/mol. The number of nitrogens with one attached hydrogen (secondary N) is 2. The Labute approximate surface area is 272 Å². The molecule has 0 bridgehead atoms. The molecule has 0 atom stereocenters. The number of amides is 1. The van der Waals surface area contributed by atoms with Crippen molar-refractivity contribution in [2.75, 3.05) is 30.5 Å². The van der Waals surface area contributed by atoms with Crippen LogP contribution >= 0.6 is 0 Å². The van der Waals surface area contributed by atoms with Crippen molar-refractivity contribution in [3.63, 3.8) is 0 Å². The van der Waals surface area contributed by atoms with Crippen molar-refractivity contribution in [2.24, 2.45) is 0 Å². The Morgan fingerprint density at radius 2 is 1.54 bits per heavy atom. The van der Waals surface area contributed by atoms with Gasteiger partial charge in [-0.15, -0.1) is 5.10 Å². The molecule has 0 saturated carbocycles. The van der Waals surface area contributed by atoms with E-state index >= 15 is 0 Å². The van der Waals surface area contributed by atoms with Gasteiger partial charge in [0, 0.05) is 43.0 Å². The second-order valence-corrected chi connectivity index (χ2v) is 13.3. The van der Waals surface area contributed by atoms with Crippen LogP contribution in [0.2, 0.25) is 0 Å². The molecule has 3 aromatic carbocycles. The average Bonchev–Trinajstić information content (AvgIpc) is 3.42. The molecular formula is C33H29F4N5O5S. The number of nitrogens with zero attached hydrogens (tertiary/aromatic N) is 3. The zero-order valence-electron chi connectivity index (χ0n) is 25.4. The molecule has 0 fully saturated rings. The third-order valence-corrected chi connectivity index (χ3v) is 7.92. The predicted molar refractivity (Wildman–Crippen MR) is 171 cm³/mol. The van der Waals surface area contributed by atoms with Gasteiger partial charge in [0.05, 0.1) is 11.4 Å². The number of halogens is 4. The van der Waals surface area contributed by atoms with Crippen LogP contribution < -0.4 is 15.4 Å². The fourth-order valence-corrected chi connectivity index (χ4v) is 5.13. The van der Waals surface area contributed by atoms with Crippen molar-refractivity contribution in [1.29, 1.82) is 0 Å². The highest BCUT2D eigenvalue weighted by Gasteiger charge is 2.29. The molecule has 2 aromatic heterocycles. The third-order valence-electron chi connectivity index (χ3n) is 6.97. The number of alkyl halides is 3. The Morgan fingerprint density at radius 3 is 2.19 bits per heavy atom. The van der Waals surface area contributed by atoms with Crippen molar-refractivity contribution in [3.8, 4) is 16.9 Å². The number of benzene rings is 3. The SMILES string of the molecule is CS(=O)(=O)CCNC(=O)c1ccc(Nc2nc3ccc(-c4ccc(CC(=O)Cc5ccc(F)cc5)cc4)cn3n2)c(OCC(F)(F)F)c1. The lowest BCUT2D eigenvalue weighted by Gasteiger charge is -2.14. The molecule has 1 amide bonds. The Kier molecular flexibility index (Phi) is 10.1. The summed E-state index contributed by atoms with van der Waals surface area (Å²) in [6.07, 6.45) is -1.50. The van der Waals surface area contributed by atoms with E-state index in [9.17, 15) is 35.6 Å². The molecule has 0 aliphatic rings. The lowest BCUT2D eigenvalue weighted by Crippen LogP contribution is -2.28. The Hall–Kier alpha value is -5.31. The quantitative estimate of drug-likeness (QED) is 0.159. The van der Waals surface area contributed by atoms with Crippen molar-refractivity contribution in [3.05, 3.63) is 108 Å². The summed E-state index contributed by atoms with van der Waals surface area (Å²) in [4.78, 5) is 29.4. The van der Waals surface area contributed by atoms with Gasteiger partial charge in [0.15, 0.2) is 12.3 Å². The zero-order valence-corrected chi connectivity index (χ0v) is 26.2. The van der Waals surface area contributed by atoms with Crippen LogP contribution in [0.4, 0.5) is 29.2 Å². The van der Waals surface area contributed by atoms with E-state index in [0.717, 1.165) is 34.6 Å². The lowest BCUT2D eigenvalue weighted by atomic mass is 10.0. The molecule has 0 spiro atoms. The molecule has 250 valence electrons. The molecule has 5 rings (SSSR count). The molecule has 0 aliphatic carbocycles. The van der Waals surface area contributed by atoms with Crippen LogP contribution in [-0.2, 0) is 27.5 Å². The van der Waals surface area contributed by atoms with Gasteiger partial charge in [-0.2, -0.15) is 18.2 Å². The van der Waals surface area contributed by atoms with Gasteiger partial charge < -0.3 is 15.4 Å². The molecule has 2 N–H and O–H groups in total. The highest BCUT2D eigenvalue weighted by molar-refractivity contribution is 7.90. The van der Waals surface area contributed by atoms with E-state index in [1.165, 1.54) is 28.8 Å². The second-order valence-electron chi connectivity index (χ2n) is 11.0. The van der Waals surface area contributed by atoms with Crippen LogP contribution in [-0.4, -0.2) is 66.0 Å². The Bertz CT molecular complexity index is 2050. The van der Waals surface area contributed by atoms with Gasteiger partial charge in [0.2, 0.25) is 5.95 Å². The summed E-state index contributed by atoms with van der Waals surface area (Å²) >= 11 is 0. The number of ketones is 1. The van der Waals surface area contributed by atoms with Gasteiger partial charge in [-0.1, -0.05) is 36.4 Å². The zero-order chi connectivity index (χ0) is 34.5. The van der Waals surface area contributed by atoms with Gasteiger partial charge >= 0.3 is 6.18 Å². The van der Waals surface area contributed by atoms with Crippen LogP contribution in [0.1, 0.15) is 21.5 Å². The van der Waals surface area contributed by atoms with Gasteiger partial charge in [-0.3, -0.25) is 9.59 Å². The number of Topliss-reactive ketones (excluding diaryl/α,β-unsaturated/α-hetero) is 1. The lowest BCUT2D eigenvalue weighted by molar-refractivity contribution is -0.153. The largest absolute Gasteiger partial charge is 0.482 e. The number of fused-ring (bicyclic) bond motifs is 1. The number of sulfone groups is 1. The van der Waals surface area contributed by atoms with E-state index in [1.54, 1.807) is 24.4 Å². The second kappa shape index (κ2) is 14.2. The number of carbonyl (C=O) groups is 2. The summed E-state index contributed by atoms with van der Waals surface area (Å²) in [6, 6.07) is 20.5. The normalized spacial score (nSPS) is 11.8. The smallest absolute Gasteiger partial charge is 0.422 e. The molecular weight excluding hydrogens is 654 g/mol. The van der Waals surface area contributed by atoms with E-state index in [4.69, 9.17) is 4.74 Å². The highest BCUT2D eigenvalue weighted by atomic mass is 32.2. The predicted octanol–water partition coefficient (Wildman–Crippen LogP) is 5.35. The summed E-state index contributed by atoms with van der Waals surface area (Å²) in [6.45, 7) is -1.80. The molecule has 48 heavy (non-hydrogen) atoms. The van der Waals surface area contributed by atoms with E-state index in [2.05, 4.69) is 20.7 Å². The fraction of sp³-hybridized carbons (Fsp3) is 0.212. The van der Waals surface area contributed by atoms with E-state index in [-0.39, 0.29) is 59.7 Å². The van der Waals surface area contributed by atoms with Crippen LogP contribution in [0.25, 0.3) is 16.8 Å². The summed E-state index contributed by atoms with van der Waals surface area (Å²) < 4.78 is 81.2. The molecule has 15 heteroatoms. The van der Waals surface area contributed by atoms with Crippen molar-refractivity contribution in [1.82, 2.24) is 19.9 Å². The van der Waals surface area contributed by atoms with Gasteiger partial charge in [0.1, 0.15) is 27.2 Å². The summed E-state index contributed by atoms with van der Waals surface area (Å²) in [5.74, 6) is -1.60.